The van der Waals surface area contributed by atoms with Crippen molar-refractivity contribution in [2.75, 3.05) is 5.73 Å². The second kappa shape index (κ2) is 3.02. The Labute approximate surface area is 86.7 Å². The van der Waals surface area contributed by atoms with E-state index >= 15 is 0 Å². The van der Waals surface area contributed by atoms with E-state index in [0.29, 0.717) is 23.7 Å². The van der Waals surface area contributed by atoms with Crippen molar-refractivity contribution in [1.29, 1.82) is 5.26 Å². The number of ether oxygens (including phenoxy) is 1. The lowest BCUT2D eigenvalue weighted by Crippen LogP contribution is -2.23. The molecule has 78 valence electrons. The molecule has 1 aliphatic heterocycles. The van der Waals surface area contributed by atoms with Crippen molar-refractivity contribution < 1.29 is 4.74 Å². The lowest BCUT2D eigenvalue weighted by atomic mass is 10.1. The molecule has 1 aliphatic rings. The first-order valence-electron chi connectivity index (χ1n) is 4.66. The third-order valence-electron chi connectivity index (χ3n) is 2.58. The Kier molecular flexibility index (Phi) is 1.93. The van der Waals surface area contributed by atoms with E-state index in [1.54, 1.807) is 6.92 Å². The predicted molar refractivity (Wildman–Crippen MR) is 54.7 cm³/mol. The molecule has 0 spiro atoms. The summed E-state index contributed by atoms with van der Waals surface area (Å²) in [6.07, 6.45) is -0.0756. The first-order valence-corrected chi connectivity index (χ1v) is 4.66. The SMILES string of the molecule is Cc1c(N)c2n(c(=O)c1C#N)CC(C)O2. The van der Waals surface area contributed by atoms with Gasteiger partial charge in [-0.15, -0.1) is 0 Å². The number of anilines is 1. The summed E-state index contributed by atoms with van der Waals surface area (Å²) in [5, 5.41) is 8.86. The second-order valence-electron chi connectivity index (χ2n) is 3.67. The molecule has 0 aliphatic carbocycles. The fraction of sp³-hybridized carbons (Fsp3) is 0.400. The highest BCUT2D eigenvalue weighted by Crippen LogP contribution is 2.30. The molecule has 0 saturated heterocycles. The van der Waals surface area contributed by atoms with E-state index in [1.165, 1.54) is 4.57 Å². The largest absolute Gasteiger partial charge is 0.472 e. The van der Waals surface area contributed by atoms with Crippen LogP contribution < -0.4 is 16.0 Å². The number of aromatic nitrogens is 1. The molecule has 0 bridgehead atoms. The average molecular weight is 205 g/mol. The summed E-state index contributed by atoms with van der Waals surface area (Å²) in [6, 6.07) is 1.88. The van der Waals surface area contributed by atoms with Gasteiger partial charge in [-0.05, 0) is 13.8 Å². The maximum Gasteiger partial charge on any atom is 0.271 e. The fourth-order valence-electron chi connectivity index (χ4n) is 1.74. The van der Waals surface area contributed by atoms with Crippen LogP contribution in [-0.2, 0) is 6.54 Å². The zero-order valence-corrected chi connectivity index (χ0v) is 8.57. The van der Waals surface area contributed by atoms with E-state index in [2.05, 4.69) is 0 Å². The Morgan fingerprint density at radius 2 is 2.33 bits per heavy atom. The number of hydrogen-bond donors (Lipinski definition) is 1. The van der Waals surface area contributed by atoms with Gasteiger partial charge in [0.15, 0.2) is 0 Å². The Hall–Kier alpha value is -1.96. The van der Waals surface area contributed by atoms with Gasteiger partial charge >= 0.3 is 0 Å². The third-order valence-corrected chi connectivity index (χ3v) is 2.58. The maximum atomic E-state index is 11.8. The molecule has 15 heavy (non-hydrogen) atoms. The molecule has 0 radical (unpaired) electrons. The minimum Gasteiger partial charge on any atom is -0.472 e. The summed E-state index contributed by atoms with van der Waals surface area (Å²) >= 11 is 0. The molecule has 1 aromatic heterocycles. The van der Waals surface area contributed by atoms with E-state index < -0.39 is 0 Å². The fourth-order valence-corrected chi connectivity index (χ4v) is 1.74. The zero-order valence-electron chi connectivity index (χ0n) is 8.57. The Bertz CT molecular complexity index is 525. The smallest absolute Gasteiger partial charge is 0.271 e. The highest BCUT2D eigenvalue weighted by atomic mass is 16.5. The number of pyridine rings is 1. The van der Waals surface area contributed by atoms with Crippen molar-refractivity contribution in [3.8, 4) is 11.9 Å². The molecule has 0 saturated carbocycles. The van der Waals surface area contributed by atoms with Crippen LogP contribution in [-0.4, -0.2) is 10.7 Å². The highest BCUT2D eigenvalue weighted by Gasteiger charge is 2.26. The first kappa shape index (κ1) is 9.59. The molecular weight excluding hydrogens is 194 g/mol. The van der Waals surface area contributed by atoms with Crippen molar-refractivity contribution in [1.82, 2.24) is 4.57 Å². The van der Waals surface area contributed by atoms with Crippen molar-refractivity contribution in [3.05, 3.63) is 21.5 Å². The molecule has 1 aromatic rings. The predicted octanol–water partition coefficient (Wildman–Crippen LogP) is 0.392. The van der Waals surface area contributed by atoms with Crippen LogP contribution in [0.4, 0.5) is 5.69 Å². The van der Waals surface area contributed by atoms with Crippen LogP contribution in [0.3, 0.4) is 0 Å². The minimum atomic E-state index is -0.316. The first-order chi connectivity index (χ1) is 7.06. The quantitative estimate of drug-likeness (QED) is 0.664. The lowest BCUT2D eigenvalue weighted by molar-refractivity contribution is 0.255. The topological polar surface area (TPSA) is 81.0 Å². The van der Waals surface area contributed by atoms with Gasteiger partial charge in [-0.1, -0.05) is 0 Å². The van der Waals surface area contributed by atoms with Crippen LogP contribution in [0.5, 0.6) is 5.88 Å². The van der Waals surface area contributed by atoms with Crippen molar-refractivity contribution in [2.45, 2.75) is 26.5 Å². The van der Waals surface area contributed by atoms with Crippen LogP contribution in [0, 0.1) is 18.3 Å². The molecule has 5 nitrogen and oxygen atoms in total. The van der Waals surface area contributed by atoms with E-state index in [4.69, 9.17) is 15.7 Å². The average Bonchev–Trinajstić information content (AvgIpc) is 2.58. The van der Waals surface area contributed by atoms with Gasteiger partial charge in [0.05, 0.1) is 12.2 Å². The van der Waals surface area contributed by atoms with Crippen LogP contribution >= 0.6 is 0 Å². The van der Waals surface area contributed by atoms with Gasteiger partial charge in [-0.3, -0.25) is 9.36 Å². The number of nitrogens with two attached hydrogens (primary N) is 1. The Morgan fingerprint density at radius 1 is 1.67 bits per heavy atom. The van der Waals surface area contributed by atoms with E-state index in [1.807, 2.05) is 13.0 Å². The second-order valence-corrected chi connectivity index (χ2v) is 3.67. The lowest BCUT2D eigenvalue weighted by Gasteiger charge is -2.08. The third kappa shape index (κ3) is 1.18. The summed E-state index contributed by atoms with van der Waals surface area (Å²) in [7, 11) is 0. The Morgan fingerprint density at radius 3 is 2.93 bits per heavy atom. The normalized spacial score (nSPS) is 18.1. The maximum absolute atomic E-state index is 11.8. The van der Waals surface area contributed by atoms with Gasteiger partial charge in [0.25, 0.3) is 5.56 Å². The van der Waals surface area contributed by atoms with Gasteiger partial charge in [-0.2, -0.15) is 5.26 Å². The van der Waals surface area contributed by atoms with Crippen molar-refractivity contribution in [2.24, 2.45) is 0 Å². The minimum absolute atomic E-state index is 0.0756. The van der Waals surface area contributed by atoms with E-state index in [-0.39, 0.29) is 17.2 Å². The summed E-state index contributed by atoms with van der Waals surface area (Å²) < 4.78 is 6.85. The Balaban J connectivity index is 2.81. The zero-order chi connectivity index (χ0) is 11.2. The standard InChI is InChI=1S/C10H11N3O2/c1-5-4-13-9(14)7(3-11)6(2)8(12)10(13)15-5/h5H,4,12H2,1-2H3. The summed E-state index contributed by atoms with van der Waals surface area (Å²) in [5.41, 5.74) is 6.48. The van der Waals surface area contributed by atoms with E-state index in [0.717, 1.165) is 0 Å². The van der Waals surface area contributed by atoms with Gasteiger partial charge in [0, 0.05) is 5.56 Å². The van der Waals surface area contributed by atoms with E-state index in [9.17, 15) is 4.79 Å². The van der Waals surface area contributed by atoms with Crippen LogP contribution in [0.2, 0.25) is 0 Å². The molecule has 2 rings (SSSR count). The van der Waals surface area contributed by atoms with Gasteiger partial charge in [0.2, 0.25) is 5.88 Å². The van der Waals surface area contributed by atoms with Crippen LogP contribution in [0.15, 0.2) is 4.79 Å². The number of nitriles is 1. The molecule has 5 heteroatoms. The molecular formula is C10H11N3O2. The van der Waals surface area contributed by atoms with Crippen molar-refractivity contribution in [3.63, 3.8) is 0 Å². The molecule has 1 atom stereocenters. The van der Waals surface area contributed by atoms with Crippen molar-refractivity contribution >= 4 is 5.69 Å². The molecule has 0 amide bonds. The molecule has 2 heterocycles. The number of rotatable bonds is 0. The number of hydrogen-bond acceptors (Lipinski definition) is 4. The summed E-state index contributed by atoms with van der Waals surface area (Å²) in [4.78, 5) is 11.8. The number of fused-ring (bicyclic) bond motifs is 1. The van der Waals surface area contributed by atoms with Gasteiger partial charge in [-0.25, -0.2) is 0 Å². The van der Waals surface area contributed by atoms with Crippen LogP contribution in [0.1, 0.15) is 18.1 Å². The molecule has 0 fully saturated rings. The molecule has 2 N–H and O–H groups in total. The monoisotopic (exact) mass is 205 g/mol. The molecule has 0 aromatic carbocycles. The number of nitrogens with zero attached hydrogens (tertiary/aromatic N) is 2. The molecule has 1 unspecified atom stereocenters. The summed E-state index contributed by atoms with van der Waals surface area (Å²) in [5.74, 6) is 0.393. The summed E-state index contributed by atoms with van der Waals surface area (Å²) in [6.45, 7) is 3.96. The van der Waals surface area contributed by atoms with Gasteiger partial charge in [0.1, 0.15) is 17.7 Å². The van der Waals surface area contributed by atoms with Gasteiger partial charge < -0.3 is 10.5 Å². The van der Waals surface area contributed by atoms with Crippen LogP contribution in [0.25, 0.3) is 0 Å². The number of nitrogen functional groups attached to an aromatic ring is 1. The highest BCUT2D eigenvalue weighted by molar-refractivity contribution is 5.60.